The van der Waals surface area contributed by atoms with Crippen LogP contribution in [0.2, 0.25) is 0 Å². The summed E-state index contributed by atoms with van der Waals surface area (Å²) in [6.45, 7) is 0. The molecule has 1 aliphatic carbocycles. The number of allylic oxidation sites excluding steroid dienone is 1. The second-order valence-electron chi connectivity index (χ2n) is 5.27. The Hall–Kier alpha value is -2.88. The number of carboxylic acids is 1. The van der Waals surface area contributed by atoms with Crippen LogP contribution in [0.3, 0.4) is 0 Å². The number of fused-ring (bicyclic) bond motifs is 1. The van der Waals surface area contributed by atoms with Gasteiger partial charge >= 0.3 is 5.97 Å². The Morgan fingerprint density at radius 3 is 2.45 bits per heavy atom. The molecule has 2 N–H and O–H groups in total. The van der Waals surface area contributed by atoms with Crippen molar-refractivity contribution in [2.45, 2.75) is 12.8 Å². The van der Waals surface area contributed by atoms with Crippen LogP contribution in [0.4, 0.5) is 0 Å². The van der Waals surface area contributed by atoms with Gasteiger partial charge in [-0.15, -0.1) is 0 Å². The Labute approximate surface area is 127 Å². The molecule has 0 amide bonds. The zero-order chi connectivity index (χ0) is 15.7. The van der Waals surface area contributed by atoms with Crippen molar-refractivity contribution >= 4 is 17.8 Å². The summed E-state index contributed by atoms with van der Waals surface area (Å²) in [7, 11) is 0. The van der Waals surface area contributed by atoms with Gasteiger partial charge in [-0.05, 0) is 60.4 Å². The number of hydrogen-bond acceptors (Lipinski definition) is 3. The van der Waals surface area contributed by atoms with Gasteiger partial charge < -0.3 is 10.2 Å². The Morgan fingerprint density at radius 1 is 1.05 bits per heavy atom. The summed E-state index contributed by atoms with van der Waals surface area (Å²) < 4.78 is 0. The first-order valence-electron chi connectivity index (χ1n) is 6.95. The zero-order valence-corrected chi connectivity index (χ0v) is 11.7. The fraction of sp³-hybridized carbons (Fsp3) is 0.111. The maximum absolute atomic E-state index is 12.5. The lowest BCUT2D eigenvalue weighted by molar-refractivity contribution is 0.0696. The van der Waals surface area contributed by atoms with Gasteiger partial charge in [-0.2, -0.15) is 0 Å². The topological polar surface area (TPSA) is 74.6 Å². The van der Waals surface area contributed by atoms with Gasteiger partial charge in [0, 0.05) is 11.1 Å². The molecule has 0 fully saturated rings. The summed E-state index contributed by atoms with van der Waals surface area (Å²) in [6, 6.07) is 11.2. The van der Waals surface area contributed by atoms with Crippen molar-refractivity contribution in [3.63, 3.8) is 0 Å². The summed E-state index contributed by atoms with van der Waals surface area (Å²) in [5.74, 6) is -0.839. The number of Topliss-reactive ketones (excluding diaryl/α,β-unsaturated/α-hetero) is 1. The number of aromatic hydroxyl groups is 1. The second kappa shape index (κ2) is 5.48. The van der Waals surface area contributed by atoms with Crippen LogP contribution in [0.5, 0.6) is 5.75 Å². The third-order valence-corrected chi connectivity index (χ3v) is 3.79. The van der Waals surface area contributed by atoms with Crippen molar-refractivity contribution < 1.29 is 19.8 Å². The monoisotopic (exact) mass is 294 g/mol. The van der Waals surface area contributed by atoms with Gasteiger partial charge in [0.2, 0.25) is 0 Å². The number of hydrogen-bond donors (Lipinski definition) is 2. The van der Waals surface area contributed by atoms with Gasteiger partial charge in [-0.25, -0.2) is 4.79 Å². The van der Waals surface area contributed by atoms with E-state index in [4.69, 9.17) is 5.11 Å². The van der Waals surface area contributed by atoms with E-state index in [1.165, 1.54) is 18.2 Å². The van der Waals surface area contributed by atoms with Gasteiger partial charge in [0.15, 0.2) is 5.78 Å². The molecule has 2 aromatic carbocycles. The highest BCUT2D eigenvalue weighted by atomic mass is 16.4. The Balaban J connectivity index is 1.91. The summed E-state index contributed by atoms with van der Waals surface area (Å²) in [4.78, 5) is 23.3. The molecule has 1 aliphatic rings. The maximum Gasteiger partial charge on any atom is 0.335 e. The van der Waals surface area contributed by atoms with Crippen molar-refractivity contribution in [2.75, 3.05) is 0 Å². The quantitative estimate of drug-likeness (QED) is 0.833. The molecule has 22 heavy (non-hydrogen) atoms. The van der Waals surface area contributed by atoms with E-state index in [0.29, 0.717) is 24.0 Å². The normalized spacial score (nSPS) is 15.6. The Morgan fingerprint density at radius 2 is 1.77 bits per heavy atom. The molecule has 2 aromatic rings. The Bertz CT molecular complexity index is 785. The molecule has 3 rings (SSSR count). The lowest BCUT2D eigenvalue weighted by Crippen LogP contribution is -2.13. The van der Waals surface area contributed by atoms with Crippen LogP contribution in [0, 0.1) is 0 Å². The van der Waals surface area contributed by atoms with Crippen molar-refractivity contribution in [1.82, 2.24) is 0 Å². The summed E-state index contributed by atoms with van der Waals surface area (Å²) >= 11 is 0. The molecule has 4 nitrogen and oxygen atoms in total. The standard InChI is InChI=1S/C18H14O4/c19-15-7-8-16-13(10-15)5-6-14(17(16)20)9-11-1-3-12(4-2-11)18(21)22/h1-4,7-10,19H,5-6H2,(H,21,22). The summed E-state index contributed by atoms with van der Waals surface area (Å²) in [6.07, 6.45) is 3.11. The van der Waals surface area contributed by atoms with Crippen molar-refractivity contribution in [2.24, 2.45) is 0 Å². The van der Waals surface area contributed by atoms with Crippen LogP contribution in [0.1, 0.15) is 38.3 Å². The molecule has 4 heteroatoms. The van der Waals surface area contributed by atoms with Crippen molar-refractivity contribution in [1.29, 1.82) is 0 Å². The van der Waals surface area contributed by atoms with E-state index >= 15 is 0 Å². The first-order chi connectivity index (χ1) is 10.5. The van der Waals surface area contributed by atoms with E-state index in [9.17, 15) is 14.7 Å². The van der Waals surface area contributed by atoms with E-state index in [0.717, 1.165) is 11.1 Å². The number of phenols is 1. The average Bonchev–Trinajstić information content (AvgIpc) is 2.50. The number of carbonyl (C=O) groups excluding carboxylic acids is 1. The SMILES string of the molecule is O=C(O)c1ccc(C=C2CCc3cc(O)ccc3C2=O)cc1. The predicted molar refractivity (Wildman–Crippen MR) is 82.1 cm³/mol. The molecule has 0 unspecified atom stereocenters. The van der Waals surface area contributed by atoms with Crippen LogP contribution >= 0.6 is 0 Å². The molecule has 0 heterocycles. The minimum atomic E-state index is -0.971. The Kier molecular flexibility index (Phi) is 3.51. The maximum atomic E-state index is 12.5. The molecular weight excluding hydrogens is 280 g/mol. The zero-order valence-electron chi connectivity index (χ0n) is 11.7. The van der Waals surface area contributed by atoms with Gasteiger partial charge in [0.1, 0.15) is 5.75 Å². The van der Waals surface area contributed by atoms with E-state index in [2.05, 4.69) is 0 Å². The van der Waals surface area contributed by atoms with Crippen LogP contribution in [-0.2, 0) is 6.42 Å². The molecule has 0 saturated carbocycles. The number of rotatable bonds is 2. The van der Waals surface area contributed by atoms with E-state index in [1.807, 2.05) is 0 Å². The third kappa shape index (κ3) is 2.63. The lowest BCUT2D eigenvalue weighted by Gasteiger charge is -2.17. The van der Waals surface area contributed by atoms with Gasteiger partial charge in [-0.1, -0.05) is 12.1 Å². The lowest BCUT2D eigenvalue weighted by atomic mass is 9.86. The first-order valence-corrected chi connectivity index (χ1v) is 6.95. The highest BCUT2D eigenvalue weighted by Gasteiger charge is 2.22. The van der Waals surface area contributed by atoms with E-state index in [-0.39, 0.29) is 17.1 Å². The number of aryl methyl sites for hydroxylation is 1. The molecule has 0 bridgehead atoms. The smallest absolute Gasteiger partial charge is 0.335 e. The molecule has 0 spiro atoms. The largest absolute Gasteiger partial charge is 0.508 e. The fourth-order valence-corrected chi connectivity index (χ4v) is 2.63. The minimum absolute atomic E-state index is 0.0384. The molecule has 0 aliphatic heterocycles. The first kappa shape index (κ1) is 14.1. The fourth-order valence-electron chi connectivity index (χ4n) is 2.63. The average molecular weight is 294 g/mol. The molecule has 0 radical (unpaired) electrons. The summed E-state index contributed by atoms with van der Waals surface area (Å²) in [5.41, 5.74) is 3.20. The second-order valence-corrected chi connectivity index (χ2v) is 5.27. The molecule has 0 saturated heterocycles. The van der Waals surface area contributed by atoms with Gasteiger partial charge in [-0.3, -0.25) is 4.79 Å². The molecule has 110 valence electrons. The number of carbonyl (C=O) groups is 2. The van der Waals surface area contributed by atoms with Crippen LogP contribution < -0.4 is 0 Å². The van der Waals surface area contributed by atoms with E-state index in [1.54, 1.807) is 30.3 Å². The summed E-state index contributed by atoms with van der Waals surface area (Å²) in [5, 5.41) is 18.4. The van der Waals surface area contributed by atoms with E-state index < -0.39 is 5.97 Å². The van der Waals surface area contributed by atoms with Crippen LogP contribution in [-0.4, -0.2) is 22.0 Å². The highest BCUT2D eigenvalue weighted by molar-refractivity contribution is 6.13. The number of carboxylic acid groups (broad SMARTS) is 1. The molecular formula is C18H14O4. The van der Waals surface area contributed by atoms with Crippen molar-refractivity contribution in [3.05, 3.63) is 70.3 Å². The molecule has 0 aromatic heterocycles. The van der Waals surface area contributed by atoms with Gasteiger partial charge in [0.05, 0.1) is 5.56 Å². The molecule has 0 atom stereocenters. The third-order valence-electron chi connectivity index (χ3n) is 3.79. The number of benzene rings is 2. The predicted octanol–water partition coefficient (Wildman–Crippen LogP) is 3.30. The highest BCUT2D eigenvalue weighted by Crippen LogP contribution is 2.29. The van der Waals surface area contributed by atoms with Crippen LogP contribution in [0.25, 0.3) is 6.08 Å². The number of aromatic carboxylic acids is 1. The number of ketones is 1. The number of phenolic OH excluding ortho intramolecular Hbond substituents is 1. The van der Waals surface area contributed by atoms with Crippen LogP contribution in [0.15, 0.2) is 48.0 Å². The van der Waals surface area contributed by atoms with Gasteiger partial charge in [0.25, 0.3) is 0 Å². The van der Waals surface area contributed by atoms with Crippen molar-refractivity contribution in [3.8, 4) is 5.75 Å². The minimum Gasteiger partial charge on any atom is -0.508 e.